The summed E-state index contributed by atoms with van der Waals surface area (Å²) in [5.41, 5.74) is 3.35. The fourth-order valence-electron chi connectivity index (χ4n) is 3.63. The van der Waals surface area contributed by atoms with Gasteiger partial charge in [0.15, 0.2) is 5.13 Å². The highest BCUT2D eigenvalue weighted by molar-refractivity contribution is 7.19. The second-order valence-corrected chi connectivity index (χ2v) is 8.25. The summed E-state index contributed by atoms with van der Waals surface area (Å²) >= 11 is 1.63. The van der Waals surface area contributed by atoms with Gasteiger partial charge in [-0.15, -0.1) is 0 Å². The van der Waals surface area contributed by atoms with Crippen LogP contribution in [0.4, 0.5) is 16.6 Å². The highest BCUT2D eigenvalue weighted by atomic mass is 32.1. The minimum absolute atomic E-state index is 0.821. The molecule has 0 aliphatic carbocycles. The second-order valence-electron chi connectivity index (χ2n) is 7.22. The van der Waals surface area contributed by atoms with E-state index in [4.69, 9.17) is 0 Å². The Bertz CT molecular complexity index is 1130. The number of fused-ring (bicyclic) bond motifs is 1. The molecular weight excluding hydrogens is 380 g/mol. The van der Waals surface area contributed by atoms with Crippen LogP contribution in [0, 0.1) is 0 Å². The third kappa shape index (κ3) is 3.79. The molecule has 4 heterocycles. The normalized spacial score (nSPS) is 15.0. The largest absolute Gasteiger partial charge is 0.369 e. The smallest absolute Gasteiger partial charge is 0.188 e. The highest BCUT2D eigenvalue weighted by Gasteiger charge is 2.15. The van der Waals surface area contributed by atoms with Crippen molar-refractivity contribution in [2.45, 2.75) is 0 Å². The van der Waals surface area contributed by atoms with Crippen LogP contribution in [0.1, 0.15) is 0 Å². The molecule has 1 saturated heterocycles. The molecule has 0 radical (unpaired) electrons. The molecule has 5 rings (SSSR count). The van der Waals surface area contributed by atoms with E-state index in [1.165, 1.54) is 5.69 Å². The summed E-state index contributed by atoms with van der Waals surface area (Å²) < 4.78 is 0. The lowest BCUT2D eigenvalue weighted by molar-refractivity contribution is 0.313. The predicted molar refractivity (Wildman–Crippen MR) is 120 cm³/mol. The van der Waals surface area contributed by atoms with Crippen molar-refractivity contribution in [1.29, 1.82) is 0 Å². The summed E-state index contributed by atoms with van der Waals surface area (Å²) in [6, 6.07) is 14.4. The number of thiazole rings is 1. The lowest BCUT2D eigenvalue weighted by Crippen LogP contribution is -2.44. The average molecular weight is 403 g/mol. The van der Waals surface area contributed by atoms with Crippen LogP contribution in [0.25, 0.3) is 21.3 Å². The molecule has 29 heavy (non-hydrogen) atoms. The average Bonchev–Trinajstić information content (AvgIpc) is 3.22. The Morgan fingerprint density at radius 3 is 2.66 bits per heavy atom. The molecule has 0 bridgehead atoms. The molecule has 6 nitrogen and oxygen atoms in total. The van der Waals surface area contributed by atoms with E-state index >= 15 is 0 Å². The molecule has 1 aliphatic heterocycles. The lowest BCUT2D eigenvalue weighted by atomic mass is 10.1. The monoisotopic (exact) mass is 402 g/mol. The maximum absolute atomic E-state index is 4.57. The summed E-state index contributed by atoms with van der Waals surface area (Å²) in [6.07, 6.45) is 5.63. The molecule has 0 amide bonds. The summed E-state index contributed by atoms with van der Waals surface area (Å²) in [5, 5.41) is 5.35. The van der Waals surface area contributed by atoms with E-state index in [2.05, 4.69) is 55.3 Å². The molecule has 1 fully saturated rings. The Morgan fingerprint density at radius 2 is 1.76 bits per heavy atom. The summed E-state index contributed by atoms with van der Waals surface area (Å²) in [4.78, 5) is 19.4. The van der Waals surface area contributed by atoms with Gasteiger partial charge in [0.25, 0.3) is 0 Å². The lowest BCUT2D eigenvalue weighted by Gasteiger charge is -2.34. The zero-order valence-electron chi connectivity index (χ0n) is 16.2. The maximum atomic E-state index is 4.57. The zero-order chi connectivity index (χ0) is 19.6. The van der Waals surface area contributed by atoms with Crippen molar-refractivity contribution in [2.24, 2.45) is 0 Å². The van der Waals surface area contributed by atoms with E-state index < -0.39 is 0 Å². The van der Waals surface area contributed by atoms with Gasteiger partial charge < -0.3 is 15.1 Å². The van der Waals surface area contributed by atoms with Gasteiger partial charge in [-0.05, 0) is 25.2 Å². The number of para-hydroxylation sites is 1. The van der Waals surface area contributed by atoms with E-state index in [1.54, 1.807) is 11.3 Å². The van der Waals surface area contributed by atoms with Gasteiger partial charge in [-0.3, -0.25) is 4.98 Å². The second kappa shape index (κ2) is 7.77. The number of nitrogens with one attached hydrogen (secondary N) is 1. The van der Waals surface area contributed by atoms with Crippen LogP contribution in [0.2, 0.25) is 0 Å². The van der Waals surface area contributed by atoms with Crippen molar-refractivity contribution in [3.8, 4) is 10.4 Å². The van der Waals surface area contributed by atoms with E-state index in [-0.39, 0.29) is 0 Å². The van der Waals surface area contributed by atoms with Crippen LogP contribution in [0.3, 0.4) is 0 Å². The predicted octanol–water partition coefficient (Wildman–Crippen LogP) is 4.25. The van der Waals surface area contributed by atoms with Crippen LogP contribution >= 0.6 is 11.3 Å². The number of anilines is 3. The van der Waals surface area contributed by atoms with Crippen molar-refractivity contribution in [3.05, 3.63) is 61.1 Å². The molecule has 0 unspecified atom stereocenters. The Labute approximate surface area is 173 Å². The SMILES string of the molecule is CN1CCN(c2ccnc(Nc3ncc(-c4ccnc5ccccc45)s3)c2)CC1. The van der Waals surface area contributed by atoms with Crippen molar-refractivity contribution in [2.75, 3.05) is 43.4 Å². The van der Waals surface area contributed by atoms with Crippen LogP contribution in [0.15, 0.2) is 61.1 Å². The number of likely N-dealkylation sites (N-methyl/N-ethyl adjacent to an activating group) is 1. The van der Waals surface area contributed by atoms with Gasteiger partial charge in [-0.25, -0.2) is 9.97 Å². The Balaban J connectivity index is 1.37. The minimum atomic E-state index is 0.821. The van der Waals surface area contributed by atoms with Gasteiger partial charge >= 0.3 is 0 Å². The topological polar surface area (TPSA) is 57.2 Å². The third-order valence-corrected chi connectivity index (χ3v) is 6.21. The van der Waals surface area contributed by atoms with E-state index in [0.29, 0.717) is 0 Å². The molecule has 0 spiro atoms. The number of hydrogen-bond acceptors (Lipinski definition) is 7. The fraction of sp³-hybridized carbons (Fsp3) is 0.227. The molecule has 7 heteroatoms. The van der Waals surface area contributed by atoms with Gasteiger partial charge in [0, 0.05) is 67.5 Å². The fourth-order valence-corrected chi connectivity index (χ4v) is 4.49. The van der Waals surface area contributed by atoms with Gasteiger partial charge in [0.2, 0.25) is 0 Å². The van der Waals surface area contributed by atoms with Crippen LogP contribution in [-0.4, -0.2) is 53.1 Å². The number of piperazine rings is 1. The van der Waals surface area contributed by atoms with Crippen molar-refractivity contribution < 1.29 is 0 Å². The van der Waals surface area contributed by atoms with Crippen LogP contribution < -0.4 is 10.2 Å². The molecule has 1 aliphatic rings. The van der Waals surface area contributed by atoms with Crippen LogP contribution in [0.5, 0.6) is 0 Å². The zero-order valence-corrected chi connectivity index (χ0v) is 17.1. The van der Waals surface area contributed by atoms with Crippen LogP contribution in [-0.2, 0) is 0 Å². The molecule has 0 saturated carbocycles. The summed E-state index contributed by atoms with van der Waals surface area (Å²) in [6.45, 7) is 4.24. The Kier molecular flexibility index (Phi) is 4.83. The summed E-state index contributed by atoms with van der Waals surface area (Å²) in [5.74, 6) is 0.821. The third-order valence-electron chi connectivity index (χ3n) is 5.27. The van der Waals surface area contributed by atoms with Crippen molar-refractivity contribution in [3.63, 3.8) is 0 Å². The van der Waals surface area contributed by atoms with Gasteiger partial charge in [0.05, 0.1) is 10.4 Å². The first-order valence-electron chi connectivity index (χ1n) is 9.73. The van der Waals surface area contributed by atoms with E-state index in [9.17, 15) is 0 Å². The number of nitrogens with zero attached hydrogens (tertiary/aromatic N) is 5. The first-order valence-corrected chi connectivity index (χ1v) is 10.5. The molecule has 146 valence electrons. The molecule has 0 atom stereocenters. The number of benzene rings is 1. The van der Waals surface area contributed by atoms with E-state index in [0.717, 1.165) is 58.5 Å². The maximum Gasteiger partial charge on any atom is 0.188 e. The Hall–Kier alpha value is -3.03. The minimum Gasteiger partial charge on any atom is -0.369 e. The standard InChI is InChI=1S/C22H22N6S/c1-27-10-12-28(13-11-27)16-6-8-24-21(14-16)26-22-25-15-20(29-22)18-7-9-23-19-5-3-2-4-17(18)19/h2-9,14-15H,10-13H2,1H3,(H,24,25,26). The highest BCUT2D eigenvalue weighted by Crippen LogP contribution is 2.34. The molecule has 3 aromatic heterocycles. The Morgan fingerprint density at radius 1 is 0.931 bits per heavy atom. The van der Waals surface area contributed by atoms with Gasteiger partial charge in [-0.1, -0.05) is 29.5 Å². The number of rotatable bonds is 4. The molecule has 1 aromatic carbocycles. The molecular formula is C22H22N6S. The first kappa shape index (κ1) is 18.0. The van der Waals surface area contributed by atoms with Crippen molar-refractivity contribution >= 4 is 38.9 Å². The number of aromatic nitrogens is 3. The summed E-state index contributed by atoms with van der Waals surface area (Å²) in [7, 11) is 2.17. The van der Waals surface area contributed by atoms with Gasteiger partial charge in [-0.2, -0.15) is 0 Å². The molecule has 1 N–H and O–H groups in total. The van der Waals surface area contributed by atoms with E-state index in [1.807, 2.05) is 42.9 Å². The quantitative estimate of drug-likeness (QED) is 0.551. The van der Waals surface area contributed by atoms with Gasteiger partial charge in [0.1, 0.15) is 5.82 Å². The molecule has 4 aromatic rings. The first-order chi connectivity index (χ1) is 14.3. The van der Waals surface area contributed by atoms with Crippen molar-refractivity contribution in [1.82, 2.24) is 19.9 Å². The number of hydrogen-bond donors (Lipinski definition) is 1. The number of pyridine rings is 2.